The van der Waals surface area contributed by atoms with E-state index < -0.39 is 23.6 Å². The molecule has 1 aromatic carbocycles. The SMILES string of the molecule is CC(C)(C)OC(=O)N(C(=N)N)C(=O)Cc1c(Cl)ccc2[nH]nc(N)c12. The molecule has 25 heavy (non-hydrogen) atoms. The summed E-state index contributed by atoms with van der Waals surface area (Å²) in [7, 11) is 0. The van der Waals surface area contributed by atoms with Crippen LogP contribution in [0.1, 0.15) is 26.3 Å². The van der Waals surface area contributed by atoms with Gasteiger partial charge in [0.05, 0.1) is 11.9 Å². The third-order valence-electron chi connectivity index (χ3n) is 3.20. The Labute approximate surface area is 148 Å². The Hall–Kier alpha value is -2.81. The van der Waals surface area contributed by atoms with Crippen LogP contribution in [-0.2, 0) is 16.0 Å². The van der Waals surface area contributed by atoms with Crippen LogP contribution in [0.2, 0.25) is 5.02 Å². The fourth-order valence-corrected chi connectivity index (χ4v) is 2.45. The first kappa shape index (κ1) is 18.5. The summed E-state index contributed by atoms with van der Waals surface area (Å²) in [4.78, 5) is 25.2. The first-order valence-electron chi connectivity index (χ1n) is 7.32. The van der Waals surface area contributed by atoms with Gasteiger partial charge in [0.15, 0.2) is 5.82 Å². The van der Waals surface area contributed by atoms with Gasteiger partial charge in [-0.05, 0) is 38.5 Å². The minimum atomic E-state index is -1.03. The molecule has 2 aromatic rings. The summed E-state index contributed by atoms with van der Waals surface area (Å²) in [5.74, 6) is -1.34. The third-order valence-corrected chi connectivity index (χ3v) is 3.56. The van der Waals surface area contributed by atoms with Gasteiger partial charge in [0, 0.05) is 10.4 Å². The molecule has 1 heterocycles. The molecule has 6 N–H and O–H groups in total. The lowest BCUT2D eigenvalue weighted by Crippen LogP contribution is -2.48. The van der Waals surface area contributed by atoms with Crippen molar-refractivity contribution in [3.63, 3.8) is 0 Å². The Morgan fingerprint density at radius 2 is 2.04 bits per heavy atom. The van der Waals surface area contributed by atoms with E-state index >= 15 is 0 Å². The lowest BCUT2D eigenvalue weighted by Gasteiger charge is -2.25. The molecule has 9 nitrogen and oxygen atoms in total. The second-order valence-corrected chi connectivity index (χ2v) is 6.74. The molecule has 0 radical (unpaired) electrons. The number of nitrogens with two attached hydrogens (primary N) is 2. The summed E-state index contributed by atoms with van der Waals surface area (Å²) in [5.41, 5.74) is 11.3. The molecular formula is C15H19ClN6O3. The topological polar surface area (TPSA) is 151 Å². The largest absolute Gasteiger partial charge is 0.443 e. The molecule has 0 bridgehead atoms. The molecule has 10 heteroatoms. The van der Waals surface area contributed by atoms with Crippen molar-refractivity contribution >= 4 is 46.3 Å². The number of ether oxygens (including phenoxy) is 1. The van der Waals surface area contributed by atoms with Crippen LogP contribution in [0.3, 0.4) is 0 Å². The van der Waals surface area contributed by atoms with E-state index in [0.29, 0.717) is 21.4 Å². The molecular weight excluding hydrogens is 348 g/mol. The van der Waals surface area contributed by atoms with E-state index in [1.807, 2.05) is 0 Å². The Balaban J connectivity index is 2.37. The number of nitrogens with one attached hydrogen (secondary N) is 2. The highest BCUT2D eigenvalue weighted by atomic mass is 35.5. The Morgan fingerprint density at radius 1 is 1.40 bits per heavy atom. The molecule has 1 aromatic heterocycles. The van der Waals surface area contributed by atoms with Crippen LogP contribution in [0.15, 0.2) is 12.1 Å². The number of rotatable bonds is 2. The quantitative estimate of drug-likeness (QED) is 0.471. The average molecular weight is 367 g/mol. The summed E-state index contributed by atoms with van der Waals surface area (Å²) in [6.07, 6.45) is -1.34. The molecule has 0 saturated carbocycles. The zero-order chi connectivity index (χ0) is 18.9. The number of anilines is 1. The smallest absolute Gasteiger partial charge is 0.424 e. The van der Waals surface area contributed by atoms with Gasteiger partial charge in [-0.3, -0.25) is 15.3 Å². The molecule has 0 fully saturated rings. The van der Waals surface area contributed by atoms with Crippen molar-refractivity contribution in [3.8, 4) is 0 Å². The van der Waals surface area contributed by atoms with Crippen LogP contribution in [0.25, 0.3) is 10.9 Å². The number of carbonyl (C=O) groups excluding carboxylic acids is 2. The number of nitrogens with zero attached hydrogens (tertiary/aromatic N) is 2. The minimum Gasteiger partial charge on any atom is -0.443 e. The maximum Gasteiger partial charge on any atom is 0.424 e. The number of halogens is 1. The lowest BCUT2D eigenvalue weighted by atomic mass is 10.1. The number of aromatic nitrogens is 2. The molecule has 2 rings (SSSR count). The predicted molar refractivity (Wildman–Crippen MR) is 94.2 cm³/mol. The van der Waals surface area contributed by atoms with Crippen LogP contribution < -0.4 is 11.5 Å². The van der Waals surface area contributed by atoms with Gasteiger partial charge in [-0.2, -0.15) is 10.00 Å². The fourth-order valence-electron chi connectivity index (χ4n) is 2.23. The monoisotopic (exact) mass is 366 g/mol. The maximum absolute atomic E-state index is 12.6. The van der Waals surface area contributed by atoms with E-state index in [1.54, 1.807) is 32.9 Å². The summed E-state index contributed by atoms with van der Waals surface area (Å²) in [6.45, 7) is 4.91. The van der Waals surface area contributed by atoms with E-state index in [2.05, 4.69) is 10.2 Å². The Bertz CT molecular complexity index is 855. The molecule has 0 aliphatic heterocycles. The highest BCUT2D eigenvalue weighted by Crippen LogP contribution is 2.29. The zero-order valence-electron chi connectivity index (χ0n) is 14.0. The van der Waals surface area contributed by atoms with E-state index in [-0.39, 0.29) is 17.3 Å². The van der Waals surface area contributed by atoms with Crippen LogP contribution in [0.5, 0.6) is 0 Å². The molecule has 0 saturated heterocycles. The van der Waals surface area contributed by atoms with Crippen molar-refractivity contribution < 1.29 is 14.3 Å². The van der Waals surface area contributed by atoms with Gasteiger partial charge in [0.25, 0.3) is 0 Å². The van der Waals surface area contributed by atoms with Gasteiger partial charge in [0.1, 0.15) is 5.60 Å². The van der Waals surface area contributed by atoms with Crippen molar-refractivity contribution in [2.75, 3.05) is 5.73 Å². The fraction of sp³-hybridized carbons (Fsp3) is 0.333. The van der Waals surface area contributed by atoms with Crippen LogP contribution in [-0.4, -0.2) is 38.7 Å². The van der Waals surface area contributed by atoms with Gasteiger partial charge in [-0.1, -0.05) is 11.6 Å². The number of hydrogen-bond acceptors (Lipinski definition) is 6. The first-order valence-corrected chi connectivity index (χ1v) is 7.70. The van der Waals surface area contributed by atoms with E-state index in [0.717, 1.165) is 0 Å². The van der Waals surface area contributed by atoms with E-state index in [1.165, 1.54) is 0 Å². The minimum absolute atomic E-state index is 0.173. The summed E-state index contributed by atoms with van der Waals surface area (Å²) in [5, 5.41) is 14.9. The molecule has 0 spiro atoms. The van der Waals surface area contributed by atoms with Gasteiger partial charge in [-0.15, -0.1) is 0 Å². The van der Waals surface area contributed by atoms with Crippen molar-refractivity contribution in [1.29, 1.82) is 5.41 Å². The van der Waals surface area contributed by atoms with Crippen molar-refractivity contribution in [1.82, 2.24) is 15.1 Å². The number of hydrogen-bond donors (Lipinski definition) is 4. The summed E-state index contributed by atoms with van der Waals surface area (Å²) >= 11 is 6.18. The van der Waals surface area contributed by atoms with Crippen LogP contribution in [0, 0.1) is 5.41 Å². The van der Waals surface area contributed by atoms with Crippen LogP contribution >= 0.6 is 11.6 Å². The number of amides is 2. The molecule has 0 unspecified atom stereocenters. The van der Waals surface area contributed by atoms with E-state index in [9.17, 15) is 9.59 Å². The Morgan fingerprint density at radius 3 is 2.60 bits per heavy atom. The first-order chi connectivity index (χ1) is 11.5. The second-order valence-electron chi connectivity index (χ2n) is 6.33. The normalized spacial score (nSPS) is 11.4. The van der Waals surface area contributed by atoms with Gasteiger partial charge >= 0.3 is 6.09 Å². The number of aromatic amines is 1. The van der Waals surface area contributed by atoms with E-state index in [4.69, 9.17) is 33.2 Å². The number of nitrogen functional groups attached to an aromatic ring is 1. The van der Waals surface area contributed by atoms with Crippen molar-refractivity contribution in [2.45, 2.75) is 32.8 Å². The van der Waals surface area contributed by atoms with Gasteiger partial charge in [-0.25, -0.2) is 4.79 Å². The highest BCUT2D eigenvalue weighted by Gasteiger charge is 2.30. The maximum atomic E-state index is 12.6. The molecule has 134 valence electrons. The second kappa shape index (κ2) is 6.60. The lowest BCUT2D eigenvalue weighted by molar-refractivity contribution is -0.126. The Kier molecular flexibility index (Phi) is 4.89. The van der Waals surface area contributed by atoms with Crippen LogP contribution in [0.4, 0.5) is 10.6 Å². The number of imide groups is 1. The number of benzene rings is 1. The summed E-state index contributed by atoms with van der Waals surface area (Å²) < 4.78 is 5.12. The number of carbonyl (C=O) groups is 2. The standard InChI is InChI=1S/C15H19ClN6O3/c1-15(2,3)25-14(24)22(13(18)19)10(23)6-7-8(16)4-5-9-11(7)12(17)21-20-9/h4-5H,6H2,1-3H3,(H3,18,19)(H3,17,20,21). The van der Waals surface area contributed by atoms with Gasteiger partial charge < -0.3 is 16.2 Å². The number of guanidine groups is 1. The van der Waals surface area contributed by atoms with Crippen molar-refractivity contribution in [3.05, 3.63) is 22.7 Å². The molecule has 2 amide bonds. The predicted octanol–water partition coefficient (Wildman–Crippen LogP) is 2.00. The highest BCUT2D eigenvalue weighted by molar-refractivity contribution is 6.33. The third kappa shape index (κ3) is 4.00. The molecule has 0 aliphatic carbocycles. The average Bonchev–Trinajstić information content (AvgIpc) is 2.81. The molecule has 0 aliphatic rings. The summed E-state index contributed by atoms with van der Waals surface area (Å²) in [6, 6.07) is 3.25. The zero-order valence-corrected chi connectivity index (χ0v) is 14.8. The number of H-pyrrole nitrogens is 1. The molecule has 0 atom stereocenters. The van der Waals surface area contributed by atoms with Crippen molar-refractivity contribution in [2.24, 2.45) is 5.73 Å². The number of fused-ring (bicyclic) bond motifs is 1. The van der Waals surface area contributed by atoms with Gasteiger partial charge in [0.2, 0.25) is 11.9 Å².